The molecule has 0 spiro atoms. The minimum absolute atomic E-state index is 0.284. The van der Waals surface area contributed by atoms with E-state index >= 15 is 0 Å². The highest BCUT2D eigenvalue weighted by molar-refractivity contribution is 5.86. The average Bonchev–Trinajstić information content (AvgIpc) is 2.74. The topological polar surface area (TPSA) is 49.3 Å². The zero-order valence-electron chi connectivity index (χ0n) is 10.6. The van der Waals surface area contributed by atoms with Crippen LogP contribution in [0.4, 0.5) is 11.6 Å². The van der Waals surface area contributed by atoms with Crippen LogP contribution < -0.4 is 9.80 Å². The lowest BCUT2D eigenvalue weighted by atomic mass is 10.4. The van der Waals surface area contributed by atoms with Crippen molar-refractivity contribution < 1.29 is 4.79 Å². The first-order valence-electron chi connectivity index (χ1n) is 5.93. The number of aromatic nitrogens is 2. The molecule has 5 heteroatoms. The third kappa shape index (κ3) is 2.54. The van der Waals surface area contributed by atoms with Gasteiger partial charge < -0.3 is 9.80 Å². The fraction of sp³-hybridized carbons (Fsp3) is 0.583. The van der Waals surface area contributed by atoms with E-state index in [1.54, 1.807) is 0 Å². The largest absolute Gasteiger partial charge is 0.360 e. The maximum atomic E-state index is 11.3. The van der Waals surface area contributed by atoms with Crippen molar-refractivity contribution in [3.05, 3.63) is 11.9 Å². The van der Waals surface area contributed by atoms with Gasteiger partial charge in [0.2, 0.25) is 0 Å². The van der Waals surface area contributed by atoms with Crippen LogP contribution in [0, 0.1) is 6.92 Å². The Morgan fingerprint density at radius 1 is 1.47 bits per heavy atom. The van der Waals surface area contributed by atoms with Gasteiger partial charge in [0.1, 0.15) is 17.5 Å². The Bertz CT molecular complexity index is 433. The van der Waals surface area contributed by atoms with Crippen LogP contribution in [-0.4, -0.2) is 42.4 Å². The molecule has 92 valence electrons. The number of nitrogens with zero attached hydrogens (tertiary/aromatic N) is 4. The van der Waals surface area contributed by atoms with Crippen LogP contribution >= 0.6 is 0 Å². The molecule has 1 fully saturated rings. The molecule has 2 heterocycles. The van der Waals surface area contributed by atoms with Gasteiger partial charge in [-0.3, -0.25) is 4.79 Å². The smallest absolute Gasteiger partial charge is 0.153 e. The number of carbonyl (C=O) groups is 1. The summed E-state index contributed by atoms with van der Waals surface area (Å²) in [6, 6.07) is 1.95. The lowest BCUT2D eigenvalue weighted by molar-refractivity contribution is -0.116. The van der Waals surface area contributed by atoms with Crippen molar-refractivity contribution in [1.82, 2.24) is 9.97 Å². The van der Waals surface area contributed by atoms with E-state index in [1.165, 1.54) is 0 Å². The Kier molecular flexibility index (Phi) is 3.26. The molecule has 0 bridgehead atoms. The van der Waals surface area contributed by atoms with E-state index in [-0.39, 0.29) is 5.78 Å². The molecule has 0 radical (unpaired) electrons. The highest BCUT2D eigenvalue weighted by Crippen LogP contribution is 2.20. The SMILES string of the molecule is CCN(C)c1cc(N2CCC(=O)C2)nc(C)n1. The van der Waals surface area contributed by atoms with Crippen molar-refractivity contribution in [3.8, 4) is 0 Å². The van der Waals surface area contributed by atoms with E-state index in [0.29, 0.717) is 13.0 Å². The Hall–Kier alpha value is -1.65. The van der Waals surface area contributed by atoms with Crippen LogP contribution in [0.3, 0.4) is 0 Å². The molecule has 1 aromatic heterocycles. The van der Waals surface area contributed by atoms with E-state index in [4.69, 9.17) is 0 Å². The highest BCUT2D eigenvalue weighted by atomic mass is 16.1. The molecule has 2 rings (SSSR count). The quantitative estimate of drug-likeness (QED) is 0.781. The number of ketones is 1. The predicted molar refractivity (Wildman–Crippen MR) is 67.6 cm³/mol. The van der Waals surface area contributed by atoms with Gasteiger partial charge in [-0.15, -0.1) is 0 Å². The zero-order valence-corrected chi connectivity index (χ0v) is 10.6. The second kappa shape index (κ2) is 4.69. The molecule has 0 N–H and O–H groups in total. The fourth-order valence-corrected chi connectivity index (χ4v) is 1.88. The van der Waals surface area contributed by atoms with Crippen molar-refractivity contribution in [2.24, 2.45) is 0 Å². The lowest BCUT2D eigenvalue weighted by Gasteiger charge is -2.20. The van der Waals surface area contributed by atoms with Gasteiger partial charge in [-0.05, 0) is 13.8 Å². The molecule has 0 saturated carbocycles. The van der Waals surface area contributed by atoms with E-state index in [1.807, 2.05) is 24.9 Å². The van der Waals surface area contributed by atoms with Crippen LogP contribution in [0.25, 0.3) is 0 Å². The number of rotatable bonds is 3. The Labute approximate surface area is 101 Å². The van der Waals surface area contributed by atoms with Gasteiger partial charge in [-0.2, -0.15) is 0 Å². The van der Waals surface area contributed by atoms with E-state index in [9.17, 15) is 4.79 Å². The molecular formula is C12H18N4O. The fourth-order valence-electron chi connectivity index (χ4n) is 1.88. The van der Waals surface area contributed by atoms with Gasteiger partial charge in [0.15, 0.2) is 5.78 Å². The second-order valence-electron chi connectivity index (χ2n) is 4.36. The Morgan fingerprint density at radius 2 is 2.24 bits per heavy atom. The summed E-state index contributed by atoms with van der Waals surface area (Å²) in [6.07, 6.45) is 0.627. The van der Waals surface area contributed by atoms with Crippen molar-refractivity contribution in [3.63, 3.8) is 0 Å². The molecule has 1 aliphatic heterocycles. The number of aryl methyl sites for hydroxylation is 1. The number of carbonyl (C=O) groups excluding carboxylic acids is 1. The summed E-state index contributed by atoms with van der Waals surface area (Å²) >= 11 is 0. The number of anilines is 2. The summed E-state index contributed by atoms with van der Waals surface area (Å²) in [5, 5.41) is 0. The van der Waals surface area contributed by atoms with Gasteiger partial charge in [-0.1, -0.05) is 0 Å². The van der Waals surface area contributed by atoms with E-state index < -0.39 is 0 Å². The Balaban J connectivity index is 2.28. The molecule has 0 aromatic carbocycles. The number of hydrogen-bond acceptors (Lipinski definition) is 5. The van der Waals surface area contributed by atoms with E-state index in [0.717, 1.165) is 30.5 Å². The van der Waals surface area contributed by atoms with Gasteiger partial charge >= 0.3 is 0 Å². The van der Waals surface area contributed by atoms with Crippen LogP contribution in [0.1, 0.15) is 19.2 Å². The molecule has 5 nitrogen and oxygen atoms in total. The van der Waals surface area contributed by atoms with Crippen LogP contribution in [-0.2, 0) is 4.79 Å². The predicted octanol–water partition coefficient (Wildman–Crippen LogP) is 1.02. The van der Waals surface area contributed by atoms with Crippen molar-refractivity contribution in [2.45, 2.75) is 20.3 Å². The van der Waals surface area contributed by atoms with Crippen molar-refractivity contribution in [2.75, 3.05) is 36.5 Å². The molecular weight excluding hydrogens is 216 g/mol. The van der Waals surface area contributed by atoms with Crippen LogP contribution in [0.2, 0.25) is 0 Å². The van der Waals surface area contributed by atoms with Gasteiger partial charge in [-0.25, -0.2) is 9.97 Å². The monoisotopic (exact) mass is 234 g/mol. The van der Waals surface area contributed by atoms with Gasteiger partial charge in [0.05, 0.1) is 6.54 Å². The molecule has 0 aliphatic carbocycles. The molecule has 0 atom stereocenters. The second-order valence-corrected chi connectivity index (χ2v) is 4.36. The van der Waals surface area contributed by atoms with Crippen molar-refractivity contribution in [1.29, 1.82) is 0 Å². The summed E-state index contributed by atoms with van der Waals surface area (Å²) < 4.78 is 0. The zero-order chi connectivity index (χ0) is 12.4. The summed E-state index contributed by atoms with van der Waals surface area (Å²) in [5.74, 6) is 2.80. The first-order chi connectivity index (χ1) is 8.10. The molecule has 17 heavy (non-hydrogen) atoms. The minimum Gasteiger partial charge on any atom is -0.360 e. The molecule has 1 aliphatic rings. The molecule has 0 unspecified atom stereocenters. The third-order valence-corrected chi connectivity index (χ3v) is 3.03. The molecule has 1 saturated heterocycles. The third-order valence-electron chi connectivity index (χ3n) is 3.03. The Morgan fingerprint density at radius 3 is 2.82 bits per heavy atom. The first-order valence-corrected chi connectivity index (χ1v) is 5.93. The lowest BCUT2D eigenvalue weighted by Crippen LogP contribution is -2.23. The maximum Gasteiger partial charge on any atom is 0.153 e. The van der Waals surface area contributed by atoms with Crippen molar-refractivity contribution >= 4 is 17.4 Å². The standard InChI is InChI=1S/C12H18N4O/c1-4-15(3)11-7-12(14-9(2)13-11)16-6-5-10(17)8-16/h7H,4-6,8H2,1-3H3. The normalized spacial score (nSPS) is 15.5. The highest BCUT2D eigenvalue weighted by Gasteiger charge is 2.21. The molecule has 1 aromatic rings. The van der Waals surface area contributed by atoms with Crippen LogP contribution in [0.5, 0.6) is 0 Å². The van der Waals surface area contributed by atoms with E-state index in [2.05, 4.69) is 21.8 Å². The number of hydrogen-bond donors (Lipinski definition) is 0. The summed E-state index contributed by atoms with van der Waals surface area (Å²) in [4.78, 5) is 24.2. The van der Waals surface area contributed by atoms with Gasteiger partial charge in [0, 0.05) is 32.6 Å². The summed E-state index contributed by atoms with van der Waals surface area (Å²) in [6.45, 7) is 6.11. The first kappa shape index (κ1) is 11.8. The average molecular weight is 234 g/mol. The maximum absolute atomic E-state index is 11.3. The summed E-state index contributed by atoms with van der Waals surface area (Å²) in [5.41, 5.74) is 0. The molecule has 0 amide bonds. The number of Topliss-reactive ketones (excluding diaryl/α,β-unsaturated/α-hetero) is 1. The summed E-state index contributed by atoms with van der Waals surface area (Å²) in [7, 11) is 2.00. The minimum atomic E-state index is 0.284. The van der Waals surface area contributed by atoms with Crippen LogP contribution in [0.15, 0.2) is 6.07 Å². The van der Waals surface area contributed by atoms with Gasteiger partial charge in [0.25, 0.3) is 0 Å².